The van der Waals surface area contributed by atoms with E-state index in [4.69, 9.17) is 11.6 Å². The summed E-state index contributed by atoms with van der Waals surface area (Å²) in [5, 5.41) is 0. The highest BCUT2D eigenvalue weighted by molar-refractivity contribution is 6.52. The Kier molecular flexibility index (Phi) is 2.93. The number of amides is 1. The van der Waals surface area contributed by atoms with Gasteiger partial charge < -0.3 is 4.90 Å². The van der Waals surface area contributed by atoms with E-state index in [-0.39, 0.29) is 17.8 Å². The molecule has 0 fully saturated rings. The topological polar surface area (TPSA) is 37.4 Å². The summed E-state index contributed by atoms with van der Waals surface area (Å²) in [6.45, 7) is -0.00995. The number of fused-ring (bicyclic) bond motifs is 1. The van der Waals surface area contributed by atoms with Gasteiger partial charge in [0.05, 0.1) is 11.3 Å². The summed E-state index contributed by atoms with van der Waals surface area (Å²) >= 11 is 5.30. The van der Waals surface area contributed by atoms with Crippen molar-refractivity contribution < 1.29 is 18.4 Å². The molecule has 0 N–H and O–H groups in total. The third-order valence-corrected chi connectivity index (χ3v) is 2.55. The first-order valence-corrected chi connectivity index (χ1v) is 5.10. The van der Waals surface area contributed by atoms with E-state index in [9.17, 15) is 18.4 Å². The third kappa shape index (κ3) is 1.82. The lowest BCUT2D eigenvalue weighted by molar-refractivity contribution is -0.114. The summed E-state index contributed by atoms with van der Waals surface area (Å²) in [5.41, 5.74) is 0.706. The van der Waals surface area contributed by atoms with Crippen molar-refractivity contribution >= 4 is 29.0 Å². The van der Waals surface area contributed by atoms with E-state index in [1.165, 1.54) is 6.08 Å². The number of carbonyl (C=O) groups is 2. The number of hydrogen-bond acceptors (Lipinski definition) is 2. The van der Waals surface area contributed by atoms with Crippen molar-refractivity contribution in [3.05, 3.63) is 40.9 Å². The number of anilines is 1. The molecule has 6 heteroatoms. The maximum atomic E-state index is 13.4. The lowest BCUT2D eigenvalue weighted by Crippen LogP contribution is -2.29. The van der Waals surface area contributed by atoms with Gasteiger partial charge in [0.1, 0.15) is 11.6 Å². The number of nitrogens with zero attached hydrogens (tertiary/aromatic N) is 1. The van der Waals surface area contributed by atoms with Gasteiger partial charge in [0.2, 0.25) is 0 Å². The molecule has 88 valence electrons. The zero-order valence-electron chi connectivity index (χ0n) is 8.41. The normalized spacial score (nSPS) is 14.9. The largest absolute Gasteiger partial charge is 0.301 e. The summed E-state index contributed by atoms with van der Waals surface area (Å²) in [4.78, 5) is 24.0. The average molecular weight is 258 g/mol. The summed E-state index contributed by atoms with van der Waals surface area (Å²) < 4.78 is 26.4. The molecular weight excluding hydrogens is 252 g/mol. The van der Waals surface area contributed by atoms with Crippen molar-refractivity contribution in [3.63, 3.8) is 0 Å². The molecule has 1 aliphatic heterocycles. The summed E-state index contributed by atoms with van der Waals surface area (Å²) in [7, 11) is 0. The van der Waals surface area contributed by atoms with Gasteiger partial charge in [-0.3, -0.25) is 9.59 Å². The molecule has 2 rings (SSSR count). The maximum Gasteiger partial charge on any atom is 0.299 e. The van der Waals surface area contributed by atoms with Gasteiger partial charge >= 0.3 is 0 Å². The van der Waals surface area contributed by atoms with Gasteiger partial charge in [-0.15, -0.1) is 0 Å². The highest BCUT2D eigenvalue weighted by atomic mass is 35.5. The van der Waals surface area contributed by atoms with E-state index in [1.54, 1.807) is 0 Å². The van der Waals surface area contributed by atoms with Crippen molar-refractivity contribution in [1.82, 2.24) is 0 Å². The molecule has 1 aliphatic rings. The van der Waals surface area contributed by atoms with Crippen LogP contribution >= 0.6 is 11.6 Å². The van der Waals surface area contributed by atoms with Crippen molar-refractivity contribution in [2.45, 2.75) is 0 Å². The van der Waals surface area contributed by atoms with Gasteiger partial charge in [-0.25, -0.2) is 8.78 Å². The van der Waals surface area contributed by atoms with Gasteiger partial charge in [-0.2, -0.15) is 0 Å². The average Bonchev–Trinajstić information content (AvgIpc) is 2.49. The number of rotatable bonds is 2. The Morgan fingerprint density at radius 1 is 1.29 bits per heavy atom. The second kappa shape index (κ2) is 4.25. The lowest BCUT2D eigenvalue weighted by Gasteiger charge is -2.13. The fourth-order valence-electron chi connectivity index (χ4n) is 1.66. The van der Waals surface area contributed by atoms with Crippen LogP contribution in [0.5, 0.6) is 0 Å². The molecule has 1 aromatic carbocycles. The van der Waals surface area contributed by atoms with Crippen molar-refractivity contribution in [2.75, 3.05) is 11.4 Å². The molecule has 0 saturated carbocycles. The first-order chi connectivity index (χ1) is 8.06. The molecule has 0 atom stereocenters. The first-order valence-electron chi connectivity index (χ1n) is 4.66. The molecule has 0 bridgehead atoms. The van der Waals surface area contributed by atoms with E-state index in [0.29, 0.717) is 6.07 Å². The minimum atomic E-state index is -1.03. The van der Waals surface area contributed by atoms with Gasteiger partial charge in [-0.05, 0) is 6.07 Å². The van der Waals surface area contributed by atoms with Crippen LogP contribution < -0.4 is 4.90 Å². The Hall–Kier alpha value is -1.75. The zero-order valence-corrected chi connectivity index (χ0v) is 9.17. The quantitative estimate of drug-likeness (QED) is 0.762. The predicted octanol–water partition coefficient (Wildman–Crippen LogP) is 2.25. The fraction of sp³-hybridized carbons (Fsp3) is 0.0909. The SMILES string of the molecule is O=C1C(=O)N(C/C=C/Cl)c2cc(F)cc(F)c21. The smallest absolute Gasteiger partial charge is 0.299 e. The zero-order chi connectivity index (χ0) is 12.6. The van der Waals surface area contributed by atoms with Crippen LogP contribution in [0.15, 0.2) is 23.7 Å². The maximum absolute atomic E-state index is 13.4. The molecule has 0 saturated heterocycles. The van der Waals surface area contributed by atoms with Crippen LogP contribution in [-0.2, 0) is 4.79 Å². The second-order valence-corrected chi connectivity index (χ2v) is 3.64. The number of halogens is 3. The van der Waals surface area contributed by atoms with E-state index in [1.807, 2.05) is 0 Å². The van der Waals surface area contributed by atoms with Gasteiger partial charge in [-0.1, -0.05) is 17.7 Å². The molecule has 1 heterocycles. The van der Waals surface area contributed by atoms with Crippen LogP contribution in [0.4, 0.5) is 14.5 Å². The molecule has 1 amide bonds. The number of ketones is 1. The molecule has 1 aromatic rings. The van der Waals surface area contributed by atoms with E-state index in [0.717, 1.165) is 16.5 Å². The van der Waals surface area contributed by atoms with Crippen LogP contribution in [0, 0.1) is 11.6 Å². The van der Waals surface area contributed by atoms with Crippen LogP contribution in [0.25, 0.3) is 0 Å². The highest BCUT2D eigenvalue weighted by Gasteiger charge is 2.38. The van der Waals surface area contributed by atoms with Crippen LogP contribution in [0.3, 0.4) is 0 Å². The number of carbonyl (C=O) groups excluding carboxylic acids is 2. The van der Waals surface area contributed by atoms with Gasteiger partial charge in [0, 0.05) is 18.1 Å². The van der Waals surface area contributed by atoms with E-state index >= 15 is 0 Å². The minimum Gasteiger partial charge on any atom is -0.301 e. The molecular formula is C11H6ClF2NO2. The number of hydrogen-bond donors (Lipinski definition) is 0. The standard InChI is InChI=1S/C11H6ClF2NO2/c12-2-1-3-15-8-5-6(13)4-7(14)9(8)10(16)11(15)17/h1-2,4-5H,3H2/b2-1+. The van der Waals surface area contributed by atoms with E-state index in [2.05, 4.69) is 0 Å². The van der Waals surface area contributed by atoms with Crippen LogP contribution in [0.2, 0.25) is 0 Å². The fourth-order valence-corrected chi connectivity index (χ4v) is 1.74. The van der Waals surface area contributed by atoms with E-state index < -0.39 is 23.3 Å². The molecule has 0 spiro atoms. The number of Topliss-reactive ketones (excluding diaryl/α,β-unsaturated/α-hetero) is 1. The van der Waals surface area contributed by atoms with Gasteiger partial charge in [0.15, 0.2) is 0 Å². The van der Waals surface area contributed by atoms with Gasteiger partial charge in [0.25, 0.3) is 11.7 Å². The van der Waals surface area contributed by atoms with Crippen molar-refractivity contribution in [3.8, 4) is 0 Å². The number of benzene rings is 1. The Morgan fingerprint density at radius 3 is 2.65 bits per heavy atom. The molecule has 17 heavy (non-hydrogen) atoms. The lowest BCUT2D eigenvalue weighted by atomic mass is 10.1. The van der Waals surface area contributed by atoms with Crippen LogP contribution in [-0.4, -0.2) is 18.2 Å². The summed E-state index contributed by atoms with van der Waals surface area (Å²) in [6.07, 6.45) is 1.39. The minimum absolute atomic E-state index is 0.00995. The summed E-state index contributed by atoms with van der Waals surface area (Å²) in [5.74, 6) is -3.74. The molecule has 0 aliphatic carbocycles. The summed E-state index contributed by atoms with van der Waals surface area (Å²) in [6, 6.07) is 1.52. The first kappa shape index (κ1) is 11.7. The predicted molar refractivity (Wildman–Crippen MR) is 58.0 cm³/mol. The second-order valence-electron chi connectivity index (χ2n) is 3.39. The Balaban J connectivity index is 2.55. The third-order valence-electron chi connectivity index (χ3n) is 2.37. The highest BCUT2D eigenvalue weighted by Crippen LogP contribution is 2.31. The van der Waals surface area contributed by atoms with Crippen molar-refractivity contribution in [2.24, 2.45) is 0 Å². The Morgan fingerprint density at radius 2 is 2.00 bits per heavy atom. The molecule has 0 aromatic heterocycles. The van der Waals surface area contributed by atoms with Crippen molar-refractivity contribution in [1.29, 1.82) is 0 Å². The monoisotopic (exact) mass is 257 g/mol. The molecule has 3 nitrogen and oxygen atoms in total. The molecule has 0 unspecified atom stereocenters. The Bertz CT molecular complexity index is 543. The van der Waals surface area contributed by atoms with Crippen LogP contribution in [0.1, 0.15) is 10.4 Å². The molecule has 0 radical (unpaired) electrons. The Labute approximate surface area is 100 Å².